The fourth-order valence-electron chi connectivity index (χ4n) is 1.44. The van der Waals surface area contributed by atoms with Gasteiger partial charge in [-0.3, -0.25) is 0 Å². The summed E-state index contributed by atoms with van der Waals surface area (Å²) in [6, 6.07) is 8.31. The Balaban J connectivity index is 1.86. The Morgan fingerprint density at radius 1 is 1.47 bits per heavy atom. The molecule has 1 atom stereocenters. The molecule has 0 amide bonds. The summed E-state index contributed by atoms with van der Waals surface area (Å²) in [5, 5.41) is 5.10. The minimum Gasteiger partial charge on any atom is -0.387 e. The summed E-state index contributed by atoms with van der Waals surface area (Å²) in [5.41, 5.74) is 0.962. The summed E-state index contributed by atoms with van der Waals surface area (Å²) < 4.78 is 1.10. The number of rotatable bonds is 3. The smallest absolute Gasteiger partial charge is 0.154 e. The highest BCUT2D eigenvalue weighted by Crippen LogP contribution is 2.30. The first-order valence-electron chi connectivity index (χ1n) is 5.29. The minimum atomic E-state index is -0.316. The first-order chi connectivity index (χ1) is 8.11. The van der Waals surface area contributed by atoms with Crippen molar-refractivity contribution in [3.05, 3.63) is 34.3 Å². The fourth-order valence-corrected chi connectivity index (χ4v) is 2.87. The van der Waals surface area contributed by atoms with E-state index in [1.54, 1.807) is 11.8 Å². The number of hydrogen-bond acceptors (Lipinski definition) is 3. The highest BCUT2D eigenvalue weighted by molar-refractivity contribution is 9.10. The van der Waals surface area contributed by atoms with Crippen molar-refractivity contribution in [2.45, 2.75) is 24.7 Å². The van der Waals surface area contributed by atoms with Crippen LogP contribution in [-0.2, 0) is 10.6 Å². The van der Waals surface area contributed by atoms with Crippen LogP contribution in [0.2, 0.25) is 0 Å². The van der Waals surface area contributed by atoms with Gasteiger partial charge >= 0.3 is 0 Å². The van der Waals surface area contributed by atoms with Crippen LogP contribution in [0.3, 0.4) is 0 Å². The molecule has 0 saturated heterocycles. The Bertz CT molecular complexity index is 423. The van der Waals surface area contributed by atoms with Crippen molar-refractivity contribution < 1.29 is 4.84 Å². The molecule has 1 aromatic rings. The Hall–Kier alpha value is -0.190. The third-order valence-corrected chi connectivity index (χ3v) is 4.62. The fraction of sp³-hybridized carbons (Fsp3) is 0.417. The Kier molecular flexibility index (Phi) is 4.39. The summed E-state index contributed by atoms with van der Waals surface area (Å²) in [5.74, 6) is 1.38. The van der Waals surface area contributed by atoms with Crippen molar-refractivity contribution in [3.63, 3.8) is 0 Å². The van der Waals surface area contributed by atoms with E-state index in [0.717, 1.165) is 21.7 Å². The van der Waals surface area contributed by atoms with E-state index in [1.165, 1.54) is 5.56 Å². The lowest BCUT2D eigenvalue weighted by atomic mass is 10.1. The molecule has 0 bridgehead atoms. The Labute approximate surface area is 119 Å². The van der Waals surface area contributed by atoms with Crippen LogP contribution in [-0.4, -0.2) is 16.5 Å². The molecule has 0 spiro atoms. The lowest BCUT2D eigenvalue weighted by Gasteiger charge is -2.16. The van der Waals surface area contributed by atoms with Crippen LogP contribution < -0.4 is 0 Å². The zero-order valence-electron chi connectivity index (χ0n) is 9.45. The molecule has 0 aromatic heterocycles. The molecule has 5 heteroatoms. The molecular weight excluding hydrogens is 322 g/mol. The number of halogens is 2. The van der Waals surface area contributed by atoms with Crippen molar-refractivity contribution in [3.8, 4) is 0 Å². The van der Waals surface area contributed by atoms with Gasteiger partial charge in [0.05, 0.1) is 5.88 Å². The van der Waals surface area contributed by atoms with Gasteiger partial charge in [0.2, 0.25) is 0 Å². The SMILES string of the molecule is CC1(CCl)CC(SCc2ccc(Br)cc2)=NO1. The van der Waals surface area contributed by atoms with Crippen molar-refractivity contribution in [1.82, 2.24) is 0 Å². The van der Waals surface area contributed by atoms with E-state index in [1.807, 2.05) is 19.1 Å². The monoisotopic (exact) mass is 333 g/mol. The maximum atomic E-state index is 5.84. The summed E-state index contributed by atoms with van der Waals surface area (Å²) in [4.78, 5) is 5.34. The van der Waals surface area contributed by atoms with Crippen molar-refractivity contribution in [1.29, 1.82) is 0 Å². The van der Waals surface area contributed by atoms with Gasteiger partial charge < -0.3 is 4.84 Å². The number of benzene rings is 1. The second-order valence-corrected chi connectivity index (χ2v) is 6.48. The summed E-state index contributed by atoms with van der Waals surface area (Å²) >= 11 is 11.0. The van der Waals surface area contributed by atoms with Crippen LogP contribution in [0.5, 0.6) is 0 Å². The van der Waals surface area contributed by atoms with Gasteiger partial charge in [-0.1, -0.05) is 33.2 Å². The molecule has 1 unspecified atom stereocenters. The zero-order valence-corrected chi connectivity index (χ0v) is 12.6. The van der Waals surface area contributed by atoms with Crippen molar-refractivity contribution in [2.24, 2.45) is 5.16 Å². The van der Waals surface area contributed by atoms with Gasteiger partial charge in [-0.25, -0.2) is 0 Å². The predicted octanol–water partition coefficient (Wildman–Crippen LogP) is 4.41. The molecular formula is C12H13BrClNOS. The summed E-state index contributed by atoms with van der Waals surface area (Å²) in [6.45, 7) is 1.98. The van der Waals surface area contributed by atoms with E-state index in [-0.39, 0.29) is 5.60 Å². The Morgan fingerprint density at radius 3 is 2.76 bits per heavy atom. The second-order valence-electron chi connectivity index (χ2n) is 4.25. The van der Waals surface area contributed by atoms with Crippen LogP contribution in [0.1, 0.15) is 18.9 Å². The van der Waals surface area contributed by atoms with E-state index in [9.17, 15) is 0 Å². The van der Waals surface area contributed by atoms with Crippen LogP contribution in [0.15, 0.2) is 33.9 Å². The first kappa shape index (κ1) is 13.2. The Morgan fingerprint density at radius 2 is 2.18 bits per heavy atom. The molecule has 0 fully saturated rings. The number of hydrogen-bond donors (Lipinski definition) is 0. The van der Waals surface area contributed by atoms with E-state index in [4.69, 9.17) is 16.4 Å². The minimum absolute atomic E-state index is 0.316. The largest absolute Gasteiger partial charge is 0.387 e. The average Bonchev–Trinajstić information content (AvgIpc) is 2.72. The number of alkyl halides is 1. The molecule has 92 valence electrons. The third-order valence-electron chi connectivity index (χ3n) is 2.49. The molecule has 0 radical (unpaired) electrons. The molecule has 1 aliphatic rings. The highest BCUT2D eigenvalue weighted by atomic mass is 79.9. The van der Waals surface area contributed by atoms with E-state index in [2.05, 4.69) is 33.2 Å². The molecule has 1 heterocycles. The molecule has 17 heavy (non-hydrogen) atoms. The van der Waals surface area contributed by atoms with Gasteiger partial charge in [0.1, 0.15) is 5.04 Å². The standard InChI is InChI=1S/C12H13BrClNOS/c1-12(8-14)6-11(15-16-12)17-7-9-2-4-10(13)5-3-9/h2-5H,6-8H2,1H3. The molecule has 0 N–H and O–H groups in total. The van der Waals surface area contributed by atoms with E-state index < -0.39 is 0 Å². The van der Waals surface area contributed by atoms with Crippen LogP contribution >= 0.6 is 39.3 Å². The molecule has 2 rings (SSSR count). The van der Waals surface area contributed by atoms with Gasteiger partial charge in [-0.05, 0) is 24.6 Å². The van der Waals surface area contributed by atoms with E-state index >= 15 is 0 Å². The number of oxime groups is 1. The maximum absolute atomic E-state index is 5.84. The second kappa shape index (κ2) is 5.63. The van der Waals surface area contributed by atoms with Gasteiger partial charge in [0, 0.05) is 16.6 Å². The molecule has 2 nitrogen and oxygen atoms in total. The summed E-state index contributed by atoms with van der Waals surface area (Å²) in [7, 11) is 0. The third kappa shape index (κ3) is 3.63. The summed E-state index contributed by atoms with van der Waals surface area (Å²) in [6.07, 6.45) is 0.803. The lowest BCUT2D eigenvalue weighted by molar-refractivity contribution is 0.0152. The average molecular weight is 335 g/mol. The quantitative estimate of drug-likeness (QED) is 0.763. The topological polar surface area (TPSA) is 21.6 Å². The van der Waals surface area contributed by atoms with Gasteiger partial charge in [0.25, 0.3) is 0 Å². The number of nitrogens with zero attached hydrogens (tertiary/aromatic N) is 1. The number of thioether (sulfide) groups is 1. The first-order valence-corrected chi connectivity index (χ1v) is 7.61. The van der Waals surface area contributed by atoms with Gasteiger partial charge in [-0.2, -0.15) is 0 Å². The van der Waals surface area contributed by atoms with Crippen molar-refractivity contribution >= 4 is 44.3 Å². The van der Waals surface area contributed by atoms with Crippen LogP contribution in [0, 0.1) is 0 Å². The molecule has 1 aromatic carbocycles. The predicted molar refractivity (Wildman–Crippen MR) is 77.7 cm³/mol. The zero-order chi connectivity index (χ0) is 12.3. The molecule has 0 aliphatic carbocycles. The van der Waals surface area contributed by atoms with Gasteiger partial charge in [0.15, 0.2) is 5.60 Å². The maximum Gasteiger partial charge on any atom is 0.154 e. The van der Waals surface area contributed by atoms with E-state index in [0.29, 0.717) is 5.88 Å². The van der Waals surface area contributed by atoms with Crippen LogP contribution in [0.4, 0.5) is 0 Å². The van der Waals surface area contributed by atoms with Crippen LogP contribution in [0.25, 0.3) is 0 Å². The molecule has 1 aliphatic heterocycles. The molecule has 0 saturated carbocycles. The van der Waals surface area contributed by atoms with Crippen molar-refractivity contribution in [2.75, 3.05) is 5.88 Å². The highest BCUT2D eigenvalue weighted by Gasteiger charge is 2.33. The van der Waals surface area contributed by atoms with Gasteiger partial charge in [-0.15, -0.1) is 23.4 Å². The normalized spacial score (nSPS) is 23.4. The lowest BCUT2D eigenvalue weighted by Crippen LogP contribution is -2.26.